The predicted molar refractivity (Wildman–Crippen MR) is 137 cm³/mol. The summed E-state index contributed by atoms with van der Waals surface area (Å²) < 4.78 is 47.9. The maximum atomic E-state index is 15.2. The van der Waals surface area contributed by atoms with Crippen LogP contribution in [0.25, 0.3) is 11.3 Å². The van der Waals surface area contributed by atoms with Crippen LogP contribution in [0, 0.1) is 17.7 Å². The van der Waals surface area contributed by atoms with E-state index in [1.807, 2.05) is 6.92 Å². The lowest BCUT2D eigenvalue weighted by molar-refractivity contribution is -0.119. The Morgan fingerprint density at radius 3 is 2.63 bits per heavy atom. The predicted octanol–water partition coefficient (Wildman–Crippen LogP) is 3.68. The molecule has 0 spiro atoms. The largest absolute Gasteiger partial charge is 0.477 e. The highest BCUT2D eigenvalue weighted by Crippen LogP contribution is 2.68. The monoisotopic (exact) mass is 538 g/mol. The van der Waals surface area contributed by atoms with Crippen LogP contribution in [0.3, 0.4) is 0 Å². The number of sulfonamides is 1. The van der Waals surface area contributed by atoms with Crippen molar-refractivity contribution in [1.29, 1.82) is 0 Å². The van der Waals surface area contributed by atoms with Crippen LogP contribution >= 0.6 is 0 Å². The van der Waals surface area contributed by atoms with Gasteiger partial charge in [0.25, 0.3) is 0 Å². The van der Waals surface area contributed by atoms with Crippen molar-refractivity contribution in [3.8, 4) is 17.1 Å². The molecule has 1 aromatic carbocycles. The molecule has 0 radical (unpaired) electrons. The number of halogens is 1. The zero-order valence-corrected chi connectivity index (χ0v) is 21.5. The van der Waals surface area contributed by atoms with E-state index in [0.717, 1.165) is 19.3 Å². The summed E-state index contributed by atoms with van der Waals surface area (Å²) >= 11 is 0. The Kier molecular flexibility index (Phi) is 6.01. The number of amides is 1. The number of nitrogens with one attached hydrogen (secondary N) is 2. The lowest BCUT2D eigenvalue weighted by atomic mass is 9.90. The molecule has 3 saturated carbocycles. The van der Waals surface area contributed by atoms with Crippen LogP contribution < -0.4 is 14.8 Å². The molecule has 0 saturated heterocycles. The fourth-order valence-electron chi connectivity index (χ4n) is 5.74. The van der Waals surface area contributed by atoms with E-state index in [1.165, 1.54) is 30.9 Å². The normalized spacial score (nSPS) is 23.9. The van der Waals surface area contributed by atoms with Crippen molar-refractivity contribution < 1.29 is 22.3 Å². The standard InChI is InChI=1S/C26H27FN6O4S/c1-2-37-24-13-28-12-21(31-24)15-6-9-20(19(27)10-15)32-25(34)26(17-4-3-5-18(17)26)22-11-23(30-14-29-22)33-38(35,36)16-7-8-16/h6,9-14,16-18H,2-5,7-8H2,1H3,(H,32,34)(H,29,30,33)/t17-,18+,26?. The Bertz CT molecular complexity index is 1500. The number of aromatic nitrogens is 4. The van der Waals surface area contributed by atoms with E-state index in [4.69, 9.17) is 4.74 Å². The van der Waals surface area contributed by atoms with Crippen molar-refractivity contribution in [1.82, 2.24) is 19.9 Å². The molecule has 0 aliphatic heterocycles. The summed E-state index contributed by atoms with van der Waals surface area (Å²) in [4.78, 5) is 30.6. The van der Waals surface area contributed by atoms with Crippen LogP contribution in [0.15, 0.2) is 43.0 Å². The van der Waals surface area contributed by atoms with E-state index in [9.17, 15) is 13.2 Å². The Hall–Kier alpha value is -3.67. The van der Waals surface area contributed by atoms with Gasteiger partial charge in [0.2, 0.25) is 21.8 Å². The number of hydrogen-bond donors (Lipinski definition) is 2. The van der Waals surface area contributed by atoms with Crippen molar-refractivity contribution in [3.05, 3.63) is 54.5 Å². The van der Waals surface area contributed by atoms with Gasteiger partial charge in [-0.05, 0) is 56.6 Å². The molecule has 3 atom stereocenters. The summed E-state index contributed by atoms with van der Waals surface area (Å²) in [6, 6.07) is 6.00. The van der Waals surface area contributed by atoms with Crippen molar-refractivity contribution in [3.63, 3.8) is 0 Å². The van der Waals surface area contributed by atoms with E-state index < -0.39 is 26.5 Å². The van der Waals surface area contributed by atoms with Crippen LogP contribution in [0.2, 0.25) is 0 Å². The van der Waals surface area contributed by atoms with Crippen LogP contribution in [0.1, 0.15) is 44.7 Å². The van der Waals surface area contributed by atoms with Crippen LogP contribution in [0.5, 0.6) is 5.88 Å². The van der Waals surface area contributed by atoms with Gasteiger partial charge in [0.15, 0.2) is 0 Å². The zero-order chi connectivity index (χ0) is 26.5. The zero-order valence-electron chi connectivity index (χ0n) is 20.7. The van der Waals surface area contributed by atoms with Gasteiger partial charge in [-0.1, -0.05) is 12.5 Å². The first-order valence-electron chi connectivity index (χ1n) is 12.7. The summed E-state index contributed by atoms with van der Waals surface area (Å²) in [6.07, 6.45) is 8.22. The fourth-order valence-corrected chi connectivity index (χ4v) is 7.07. The molecule has 2 aromatic heterocycles. The molecule has 3 aliphatic carbocycles. The molecule has 3 aromatic rings. The van der Waals surface area contributed by atoms with Crippen molar-refractivity contribution in [2.45, 2.75) is 49.7 Å². The number of nitrogens with zero attached hydrogens (tertiary/aromatic N) is 4. The summed E-state index contributed by atoms with van der Waals surface area (Å²) in [7, 11) is -3.52. The molecule has 198 valence electrons. The molecular formula is C26H27FN6O4S. The number of carbonyl (C=O) groups excluding carboxylic acids is 1. The summed E-state index contributed by atoms with van der Waals surface area (Å²) in [5.74, 6) is -0.361. The highest BCUT2D eigenvalue weighted by Gasteiger charge is 2.72. The Balaban J connectivity index is 1.26. The van der Waals surface area contributed by atoms with E-state index in [2.05, 4.69) is 30.0 Å². The quantitative estimate of drug-likeness (QED) is 0.421. The van der Waals surface area contributed by atoms with Gasteiger partial charge in [0, 0.05) is 11.6 Å². The third kappa shape index (κ3) is 4.26. The molecule has 6 rings (SSSR count). The van der Waals surface area contributed by atoms with Crippen LogP contribution in [-0.2, 0) is 20.2 Å². The first kappa shape index (κ1) is 24.7. The van der Waals surface area contributed by atoms with Gasteiger partial charge in [-0.3, -0.25) is 14.5 Å². The lowest BCUT2D eigenvalue weighted by Crippen LogP contribution is -2.33. The van der Waals surface area contributed by atoms with Crippen molar-refractivity contribution in [2.24, 2.45) is 11.8 Å². The molecule has 0 bridgehead atoms. The summed E-state index contributed by atoms with van der Waals surface area (Å²) in [5, 5.41) is 2.37. The molecule has 1 amide bonds. The van der Waals surface area contributed by atoms with Gasteiger partial charge in [-0.15, -0.1) is 0 Å². The fraction of sp³-hybridized carbons (Fsp3) is 0.423. The number of anilines is 2. The molecule has 2 heterocycles. The van der Waals surface area contributed by atoms with Gasteiger partial charge in [0.1, 0.15) is 18.0 Å². The van der Waals surface area contributed by atoms with E-state index in [1.54, 1.807) is 12.1 Å². The van der Waals surface area contributed by atoms with Crippen LogP contribution in [0.4, 0.5) is 15.9 Å². The van der Waals surface area contributed by atoms with Gasteiger partial charge in [0.05, 0.1) is 46.7 Å². The summed E-state index contributed by atoms with van der Waals surface area (Å²) in [5.41, 5.74) is 0.483. The molecule has 3 aliphatic rings. The van der Waals surface area contributed by atoms with Crippen molar-refractivity contribution in [2.75, 3.05) is 16.6 Å². The average molecular weight is 539 g/mol. The first-order valence-corrected chi connectivity index (χ1v) is 14.3. The second-order valence-electron chi connectivity index (χ2n) is 9.97. The van der Waals surface area contributed by atoms with Gasteiger partial charge in [-0.25, -0.2) is 27.8 Å². The minimum Gasteiger partial charge on any atom is -0.477 e. The minimum absolute atomic E-state index is 0.0423. The smallest absolute Gasteiger partial charge is 0.237 e. The molecule has 1 unspecified atom stereocenters. The van der Waals surface area contributed by atoms with E-state index >= 15 is 4.39 Å². The maximum absolute atomic E-state index is 15.2. The highest BCUT2D eigenvalue weighted by atomic mass is 32.2. The Labute approximate surface area is 219 Å². The molecule has 3 fully saturated rings. The van der Waals surface area contributed by atoms with Crippen LogP contribution in [-0.4, -0.2) is 46.1 Å². The first-order chi connectivity index (χ1) is 18.3. The second-order valence-corrected chi connectivity index (χ2v) is 11.9. The number of benzene rings is 1. The topological polar surface area (TPSA) is 136 Å². The molecule has 12 heteroatoms. The Morgan fingerprint density at radius 1 is 1.13 bits per heavy atom. The molecule has 38 heavy (non-hydrogen) atoms. The lowest BCUT2D eigenvalue weighted by Gasteiger charge is -2.21. The number of carbonyl (C=O) groups is 1. The third-order valence-electron chi connectivity index (χ3n) is 7.67. The van der Waals surface area contributed by atoms with E-state index in [0.29, 0.717) is 42.3 Å². The number of ether oxygens (including phenoxy) is 1. The SMILES string of the molecule is CCOc1cncc(-c2ccc(NC(=O)C3(c4cc(NS(=O)(=O)C5CC5)ncn4)[C@@H]4CCC[C@@H]43)c(F)c2)n1. The highest BCUT2D eigenvalue weighted by molar-refractivity contribution is 7.93. The average Bonchev–Trinajstić information content (AvgIpc) is 3.81. The summed E-state index contributed by atoms with van der Waals surface area (Å²) in [6.45, 7) is 2.27. The second kappa shape index (κ2) is 9.26. The number of hydrogen-bond acceptors (Lipinski definition) is 8. The minimum atomic E-state index is -3.52. The van der Waals surface area contributed by atoms with Gasteiger partial charge < -0.3 is 10.1 Å². The maximum Gasteiger partial charge on any atom is 0.237 e. The van der Waals surface area contributed by atoms with E-state index in [-0.39, 0.29) is 29.2 Å². The third-order valence-corrected chi connectivity index (χ3v) is 9.51. The Morgan fingerprint density at radius 2 is 1.92 bits per heavy atom. The number of fused-ring (bicyclic) bond motifs is 1. The molecule has 2 N–H and O–H groups in total. The van der Waals surface area contributed by atoms with Gasteiger partial charge >= 0.3 is 0 Å². The molecule has 10 nitrogen and oxygen atoms in total. The van der Waals surface area contributed by atoms with Crippen molar-refractivity contribution >= 4 is 27.4 Å². The molecular weight excluding hydrogens is 511 g/mol. The van der Waals surface area contributed by atoms with Gasteiger partial charge in [-0.2, -0.15) is 0 Å². The number of rotatable bonds is 9.